The first kappa shape index (κ1) is 34.1. The van der Waals surface area contributed by atoms with Crippen LogP contribution in [0, 0.1) is 11.8 Å². The molecule has 4 amide bonds. The number of ether oxygens (including phenoxy) is 1. The number of aromatic nitrogens is 1. The maximum absolute atomic E-state index is 14.2. The van der Waals surface area contributed by atoms with Gasteiger partial charge in [0.15, 0.2) is 0 Å². The highest BCUT2D eigenvalue weighted by Gasteiger charge is 2.46. The molecule has 6 N–H and O–H groups in total. The highest BCUT2D eigenvalue weighted by molar-refractivity contribution is 6.38. The summed E-state index contributed by atoms with van der Waals surface area (Å²) in [5, 5.41) is 10.1. The summed E-state index contributed by atoms with van der Waals surface area (Å²) in [6.45, 7) is 7.61. The van der Waals surface area contributed by atoms with Gasteiger partial charge in [0.1, 0.15) is 24.2 Å². The van der Waals surface area contributed by atoms with E-state index in [1.54, 1.807) is 12.1 Å². The van der Waals surface area contributed by atoms with Gasteiger partial charge in [-0.1, -0.05) is 87.6 Å². The van der Waals surface area contributed by atoms with E-state index < -0.39 is 41.4 Å². The summed E-state index contributed by atoms with van der Waals surface area (Å²) in [6, 6.07) is 10.7. The van der Waals surface area contributed by atoms with E-state index in [9.17, 15) is 19.2 Å². The highest BCUT2D eigenvalue weighted by Crippen LogP contribution is 2.38. The zero-order valence-electron chi connectivity index (χ0n) is 26.0. The molecular formula is C33H41Cl2N5O5. The predicted octanol–water partition coefficient (Wildman–Crippen LogP) is 5.18. The molecule has 45 heavy (non-hydrogen) atoms. The van der Waals surface area contributed by atoms with Crippen molar-refractivity contribution in [2.45, 2.75) is 84.0 Å². The van der Waals surface area contributed by atoms with Gasteiger partial charge in [-0.3, -0.25) is 14.4 Å². The standard InChI is InChI=1S/C33H41Cl2N5O5/c1-5-19(4)27(29(36)41)39-31(43)33(12-11-25-23(16-33)22-14-21(34)15-24(35)28(22)37-25)40-30(42)26(13-18(2)3)38-32(44)45-17-20-9-7-6-8-10-20/h6-10,14-15,18-19,26-27,37H,5,11-13,16-17H2,1-4H3,(H2,36,41)(H,38,44)(H,39,43)(H,40,42)/t19-,26-,27-,33+/m0/s1. The fourth-order valence-corrected chi connectivity index (χ4v) is 6.31. The van der Waals surface area contributed by atoms with E-state index in [1.807, 2.05) is 58.0 Å². The van der Waals surface area contributed by atoms with Crippen LogP contribution in [-0.2, 0) is 38.6 Å². The van der Waals surface area contributed by atoms with Crippen molar-refractivity contribution in [3.63, 3.8) is 0 Å². The van der Waals surface area contributed by atoms with Crippen LogP contribution in [0.25, 0.3) is 10.9 Å². The van der Waals surface area contributed by atoms with E-state index in [1.165, 1.54) is 0 Å². The van der Waals surface area contributed by atoms with Crippen LogP contribution in [-0.4, -0.2) is 46.4 Å². The molecule has 1 aliphatic rings. The topological polar surface area (TPSA) is 155 Å². The molecular weight excluding hydrogens is 617 g/mol. The molecule has 0 radical (unpaired) electrons. The van der Waals surface area contributed by atoms with Crippen molar-refractivity contribution in [3.8, 4) is 0 Å². The number of carbonyl (C=O) groups is 4. The summed E-state index contributed by atoms with van der Waals surface area (Å²) < 4.78 is 5.39. The van der Waals surface area contributed by atoms with Crippen LogP contribution in [0.15, 0.2) is 42.5 Å². The molecule has 4 rings (SSSR count). The fraction of sp³-hybridized carbons (Fsp3) is 0.455. The van der Waals surface area contributed by atoms with Gasteiger partial charge in [-0.05, 0) is 54.4 Å². The lowest BCUT2D eigenvalue weighted by molar-refractivity contribution is -0.137. The number of hydrogen-bond donors (Lipinski definition) is 5. The molecule has 0 saturated carbocycles. The number of primary amides is 1. The Kier molecular flexibility index (Phi) is 11.0. The summed E-state index contributed by atoms with van der Waals surface area (Å²) in [7, 11) is 0. The number of alkyl carbamates (subject to hydrolysis) is 1. The Morgan fingerprint density at radius 3 is 2.42 bits per heavy atom. The van der Waals surface area contributed by atoms with Crippen LogP contribution >= 0.6 is 23.2 Å². The molecule has 242 valence electrons. The maximum atomic E-state index is 14.2. The number of nitrogens with one attached hydrogen (secondary N) is 4. The van der Waals surface area contributed by atoms with Gasteiger partial charge >= 0.3 is 6.09 Å². The number of nitrogens with two attached hydrogens (primary N) is 1. The summed E-state index contributed by atoms with van der Waals surface area (Å²) >= 11 is 12.8. The lowest BCUT2D eigenvalue weighted by Crippen LogP contribution is -2.66. The first-order valence-corrected chi connectivity index (χ1v) is 16.0. The summed E-state index contributed by atoms with van der Waals surface area (Å²) in [6.07, 6.45) is 0.851. The zero-order chi connectivity index (χ0) is 32.9. The van der Waals surface area contributed by atoms with Gasteiger partial charge in [-0.15, -0.1) is 0 Å². The third-order valence-electron chi connectivity index (χ3n) is 8.43. The first-order chi connectivity index (χ1) is 21.3. The average molecular weight is 659 g/mol. The molecule has 0 bridgehead atoms. The fourth-order valence-electron chi connectivity index (χ4n) is 5.77. The number of hydrogen-bond acceptors (Lipinski definition) is 5. The monoisotopic (exact) mass is 657 g/mol. The Bertz CT molecular complexity index is 1560. The Balaban J connectivity index is 1.65. The number of benzene rings is 2. The van der Waals surface area contributed by atoms with E-state index in [0.29, 0.717) is 34.8 Å². The normalized spacial score (nSPS) is 18.0. The molecule has 0 saturated heterocycles. The average Bonchev–Trinajstić information content (AvgIpc) is 3.35. The van der Waals surface area contributed by atoms with Gasteiger partial charge in [0.05, 0.1) is 10.5 Å². The molecule has 0 spiro atoms. The Labute approximate surface area is 273 Å². The quantitative estimate of drug-likeness (QED) is 0.182. The van der Waals surface area contributed by atoms with Crippen molar-refractivity contribution in [1.29, 1.82) is 0 Å². The van der Waals surface area contributed by atoms with Crippen LogP contribution in [0.2, 0.25) is 10.0 Å². The van der Waals surface area contributed by atoms with Gasteiger partial charge in [0.2, 0.25) is 17.7 Å². The third-order valence-corrected chi connectivity index (χ3v) is 8.95. The summed E-state index contributed by atoms with van der Waals surface area (Å²) in [5.41, 5.74) is 7.37. The van der Waals surface area contributed by atoms with Crippen LogP contribution < -0.4 is 21.7 Å². The van der Waals surface area contributed by atoms with Crippen LogP contribution in [0.5, 0.6) is 0 Å². The first-order valence-electron chi connectivity index (χ1n) is 15.2. The number of fused-ring (bicyclic) bond motifs is 3. The Morgan fingerprint density at radius 1 is 1.07 bits per heavy atom. The minimum atomic E-state index is -1.47. The number of amides is 4. The van der Waals surface area contributed by atoms with Crippen molar-refractivity contribution >= 4 is 57.9 Å². The molecule has 1 aromatic heterocycles. The van der Waals surface area contributed by atoms with Crippen molar-refractivity contribution in [3.05, 3.63) is 69.3 Å². The van der Waals surface area contributed by atoms with Gasteiger partial charge < -0.3 is 31.4 Å². The van der Waals surface area contributed by atoms with E-state index >= 15 is 0 Å². The van der Waals surface area contributed by atoms with E-state index in [-0.39, 0.29) is 31.3 Å². The van der Waals surface area contributed by atoms with E-state index in [2.05, 4.69) is 20.9 Å². The second-order valence-electron chi connectivity index (χ2n) is 12.3. The third kappa shape index (κ3) is 8.10. The number of H-pyrrole nitrogens is 1. The maximum Gasteiger partial charge on any atom is 0.408 e. The van der Waals surface area contributed by atoms with Gasteiger partial charge in [0.25, 0.3) is 0 Å². The van der Waals surface area contributed by atoms with Gasteiger partial charge in [0, 0.05) is 22.5 Å². The van der Waals surface area contributed by atoms with E-state index in [4.69, 9.17) is 33.7 Å². The molecule has 3 aromatic rings. The van der Waals surface area contributed by atoms with Crippen molar-refractivity contribution in [1.82, 2.24) is 20.9 Å². The smallest absolute Gasteiger partial charge is 0.408 e. The highest BCUT2D eigenvalue weighted by atomic mass is 35.5. The zero-order valence-corrected chi connectivity index (χ0v) is 27.5. The number of rotatable bonds is 12. The molecule has 1 heterocycles. The van der Waals surface area contributed by atoms with Crippen LogP contribution in [0.4, 0.5) is 4.79 Å². The second-order valence-corrected chi connectivity index (χ2v) is 13.1. The second kappa shape index (κ2) is 14.6. The molecule has 2 aromatic carbocycles. The summed E-state index contributed by atoms with van der Waals surface area (Å²) in [4.78, 5) is 56.8. The van der Waals surface area contributed by atoms with Gasteiger partial charge in [-0.2, -0.15) is 0 Å². The number of aromatic amines is 1. The Morgan fingerprint density at radius 2 is 1.78 bits per heavy atom. The minimum absolute atomic E-state index is 0.0282. The predicted molar refractivity (Wildman–Crippen MR) is 175 cm³/mol. The van der Waals surface area contributed by atoms with Gasteiger partial charge in [-0.25, -0.2) is 4.79 Å². The van der Waals surface area contributed by atoms with Crippen LogP contribution in [0.3, 0.4) is 0 Å². The van der Waals surface area contributed by atoms with Crippen molar-refractivity contribution in [2.75, 3.05) is 0 Å². The molecule has 0 fully saturated rings. The SMILES string of the molecule is CC[C@H](C)[C@H](NC(=O)[C@@]1(NC(=O)[C@H](CC(C)C)NC(=O)OCc2ccccc2)CCc2[nH]c3c(Cl)cc(Cl)cc3c2C1)C(N)=O. The number of aryl methyl sites for hydroxylation is 1. The number of carbonyl (C=O) groups excluding carboxylic acids is 4. The van der Waals surface area contributed by atoms with Crippen molar-refractivity contribution < 1.29 is 23.9 Å². The molecule has 12 heteroatoms. The molecule has 10 nitrogen and oxygen atoms in total. The van der Waals surface area contributed by atoms with Crippen molar-refractivity contribution in [2.24, 2.45) is 17.6 Å². The van der Waals surface area contributed by atoms with Crippen LogP contribution in [0.1, 0.15) is 63.8 Å². The lowest BCUT2D eigenvalue weighted by Gasteiger charge is -2.39. The minimum Gasteiger partial charge on any atom is -0.445 e. The number of halogens is 2. The molecule has 4 atom stereocenters. The molecule has 0 aliphatic heterocycles. The lowest BCUT2D eigenvalue weighted by atomic mass is 9.78. The van der Waals surface area contributed by atoms with E-state index in [0.717, 1.165) is 22.2 Å². The molecule has 1 aliphatic carbocycles. The largest absolute Gasteiger partial charge is 0.445 e. The molecule has 0 unspecified atom stereocenters. The summed E-state index contributed by atoms with van der Waals surface area (Å²) in [5.74, 6) is -1.96. The Hall–Kier alpha value is -3.76.